The standard InChI is InChI=1S/C13H14Cl2N2/c14-7-1-2-12-8-16-17(10-12)9-11-3-5-13(15)6-4-11/h3-6,8,10H,1-2,7,9H2. The van der Waals surface area contributed by atoms with E-state index in [0.717, 1.165) is 24.4 Å². The number of alkyl halides is 1. The van der Waals surface area contributed by atoms with Crippen molar-refractivity contribution in [3.63, 3.8) is 0 Å². The van der Waals surface area contributed by atoms with Gasteiger partial charge in [-0.1, -0.05) is 23.7 Å². The number of nitrogens with zero attached hydrogens (tertiary/aromatic N) is 2. The predicted octanol–water partition coefficient (Wildman–Crippen LogP) is 3.76. The van der Waals surface area contributed by atoms with Crippen LogP contribution in [0.25, 0.3) is 0 Å². The molecular formula is C13H14Cl2N2. The fourth-order valence-electron chi connectivity index (χ4n) is 1.67. The van der Waals surface area contributed by atoms with Crippen molar-refractivity contribution in [2.45, 2.75) is 19.4 Å². The van der Waals surface area contributed by atoms with Crippen LogP contribution in [-0.4, -0.2) is 15.7 Å². The monoisotopic (exact) mass is 268 g/mol. The minimum atomic E-state index is 0.697. The van der Waals surface area contributed by atoms with E-state index in [1.165, 1.54) is 11.1 Å². The number of aromatic nitrogens is 2. The van der Waals surface area contributed by atoms with E-state index < -0.39 is 0 Å². The lowest BCUT2D eigenvalue weighted by atomic mass is 10.2. The summed E-state index contributed by atoms with van der Waals surface area (Å²) in [5.41, 5.74) is 2.43. The van der Waals surface area contributed by atoms with Crippen LogP contribution < -0.4 is 0 Å². The third-order valence-electron chi connectivity index (χ3n) is 2.54. The summed E-state index contributed by atoms with van der Waals surface area (Å²) in [6.45, 7) is 0.776. The molecule has 0 fully saturated rings. The Kier molecular flexibility index (Phi) is 4.46. The van der Waals surface area contributed by atoms with Gasteiger partial charge in [0.15, 0.2) is 0 Å². The van der Waals surface area contributed by atoms with Gasteiger partial charge in [0.05, 0.1) is 12.7 Å². The molecule has 1 aromatic carbocycles. The van der Waals surface area contributed by atoms with Gasteiger partial charge in [0, 0.05) is 17.1 Å². The molecule has 0 radical (unpaired) electrons. The summed E-state index contributed by atoms with van der Waals surface area (Å²) in [6, 6.07) is 7.83. The van der Waals surface area contributed by atoms with Crippen molar-refractivity contribution in [3.8, 4) is 0 Å². The first-order valence-corrected chi connectivity index (χ1v) is 6.51. The van der Waals surface area contributed by atoms with E-state index in [-0.39, 0.29) is 0 Å². The van der Waals surface area contributed by atoms with Crippen LogP contribution in [0.2, 0.25) is 5.02 Å². The fraction of sp³-hybridized carbons (Fsp3) is 0.308. The van der Waals surface area contributed by atoms with Crippen molar-refractivity contribution in [2.24, 2.45) is 0 Å². The van der Waals surface area contributed by atoms with E-state index in [2.05, 4.69) is 11.3 Å². The molecule has 0 aliphatic rings. The molecule has 2 aromatic rings. The molecular weight excluding hydrogens is 255 g/mol. The van der Waals surface area contributed by atoms with Crippen LogP contribution in [0, 0.1) is 0 Å². The van der Waals surface area contributed by atoms with Gasteiger partial charge in [-0.2, -0.15) is 5.10 Å². The van der Waals surface area contributed by atoms with Crippen LogP contribution in [0.3, 0.4) is 0 Å². The van der Waals surface area contributed by atoms with E-state index in [1.807, 2.05) is 35.1 Å². The van der Waals surface area contributed by atoms with E-state index in [0.29, 0.717) is 5.88 Å². The highest BCUT2D eigenvalue weighted by Gasteiger charge is 2.00. The molecule has 1 heterocycles. The zero-order valence-corrected chi connectivity index (χ0v) is 11.0. The van der Waals surface area contributed by atoms with Crippen LogP contribution in [0.1, 0.15) is 17.5 Å². The lowest BCUT2D eigenvalue weighted by molar-refractivity contribution is 0.686. The van der Waals surface area contributed by atoms with Gasteiger partial charge >= 0.3 is 0 Å². The molecule has 0 spiro atoms. The second-order valence-corrected chi connectivity index (χ2v) is 4.78. The third kappa shape index (κ3) is 3.76. The van der Waals surface area contributed by atoms with E-state index in [1.54, 1.807) is 0 Å². The molecule has 0 saturated carbocycles. The van der Waals surface area contributed by atoms with Crippen LogP contribution in [-0.2, 0) is 13.0 Å². The Bertz CT molecular complexity index is 463. The molecule has 0 saturated heterocycles. The minimum absolute atomic E-state index is 0.697. The van der Waals surface area contributed by atoms with Gasteiger partial charge < -0.3 is 0 Å². The lowest BCUT2D eigenvalue weighted by Gasteiger charge is -2.01. The van der Waals surface area contributed by atoms with Crippen molar-refractivity contribution in [1.82, 2.24) is 9.78 Å². The number of halogens is 2. The first-order valence-electron chi connectivity index (χ1n) is 5.59. The van der Waals surface area contributed by atoms with Gasteiger partial charge in [-0.05, 0) is 36.1 Å². The third-order valence-corrected chi connectivity index (χ3v) is 3.06. The Morgan fingerprint density at radius 3 is 2.59 bits per heavy atom. The van der Waals surface area contributed by atoms with Crippen LogP contribution in [0.5, 0.6) is 0 Å². The van der Waals surface area contributed by atoms with Crippen LogP contribution in [0.4, 0.5) is 0 Å². The summed E-state index contributed by atoms with van der Waals surface area (Å²) in [6.07, 6.45) is 5.96. The molecule has 2 rings (SSSR count). The fourth-order valence-corrected chi connectivity index (χ4v) is 1.93. The second-order valence-electron chi connectivity index (χ2n) is 3.97. The number of rotatable bonds is 5. The SMILES string of the molecule is ClCCCc1cnn(Cc2ccc(Cl)cc2)c1. The Balaban J connectivity index is 1.98. The zero-order valence-electron chi connectivity index (χ0n) is 9.44. The number of hydrogen-bond donors (Lipinski definition) is 0. The number of hydrogen-bond acceptors (Lipinski definition) is 1. The number of aryl methyl sites for hydroxylation is 1. The summed E-state index contributed by atoms with van der Waals surface area (Å²) >= 11 is 11.5. The van der Waals surface area contributed by atoms with Crippen molar-refractivity contribution in [2.75, 3.05) is 5.88 Å². The second kappa shape index (κ2) is 6.08. The van der Waals surface area contributed by atoms with Gasteiger partial charge in [0.1, 0.15) is 0 Å². The largest absolute Gasteiger partial charge is 0.268 e. The highest BCUT2D eigenvalue weighted by Crippen LogP contribution is 2.11. The molecule has 17 heavy (non-hydrogen) atoms. The summed E-state index contributed by atoms with van der Waals surface area (Å²) in [4.78, 5) is 0. The van der Waals surface area contributed by atoms with Crippen molar-refractivity contribution in [1.29, 1.82) is 0 Å². The highest BCUT2D eigenvalue weighted by molar-refractivity contribution is 6.30. The maximum Gasteiger partial charge on any atom is 0.0659 e. The Morgan fingerprint density at radius 1 is 1.12 bits per heavy atom. The van der Waals surface area contributed by atoms with E-state index in [4.69, 9.17) is 23.2 Å². The molecule has 0 unspecified atom stereocenters. The smallest absolute Gasteiger partial charge is 0.0659 e. The van der Waals surface area contributed by atoms with Gasteiger partial charge in [0.2, 0.25) is 0 Å². The van der Waals surface area contributed by atoms with Crippen LogP contribution >= 0.6 is 23.2 Å². The first-order chi connectivity index (χ1) is 8.28. The summed E-state index contributed by atoms with van der Waals surface area (Å²) in [5.74, 6) is 0.697. The molecule has 2 nitrogen and oxygen atoms in total. The van der Waals surface area contributed by atoms with Gasteiger partial charge in [-0.3, -0.25) is 4.68 Å². The normalized spacial score (nSPS) is 10.7. The average molecular weight is 269 g/mol. The number of benzene rings is 1. The average Bonchev–Trinajstić information content (AvgIpc) is 2.77. The molecule has 0 bridgehead atoms. The molecule has 1 aromatic heterocycles. The summed E-state index contributed by atoms with van der Waals surface area (Å²) in [5, 5.41) is 5.09. The quantitative estimate of drug-likeness (QED) is 0.756. The summed E-state index contributed by atoms with van der Waals surface area (Å²) < 4.78 is 1.94. The topological polar surface area (TPSA) is 17.8 Å². The predicted molar refractivity (Wildman–Crippen MR) is 71.8 cm³/mol. The molecule has 0 aliphatic carbocycles. The maximum atomic E-state index is 5.84. The van der Waals surface area contributed by atoms with Gasteiger partial charge in [0.25, 0.3) is 0 Å². The summed E-state index contributed by atoms with van der Waals surface area (Å²) in [7, 11) is 0. The Hall–Kier alpha value is -0.990. The van der Waals surface area contributed by atoms with Crippen LogP contribution in [0.15, 0.2) is 36.7 Å². The molecule has 4 heteroatoms. The molecule has 90 valence electrons. The van der Waals surface area contributed by atoms with E-state index >= 15 is 0 Å². The zero-order chi connectivity index (χ0) is 12.1. The maximum absolute atomic E-state index is 5.84. The highest BCUT2D eigenvalue weighted by atomic mass is 35.5. The van der Waals surface area contributed by atoms with Crippen molar-refractivity contribution in [3.05, 3.63) is 52.8 Å². The molecule has 0 aliphatic heterocycles. The van der Waals surface area contributed by atoms with E-state index in [9.17, 15) is 0 Å². The van der Waals surface area contributed by atoms with Crippen molar-refractivity contribution < 1.29 is 0 Å². The molecule has 0 atom stereocenters. The molecule has 0 N–H and O–H groups in total. The molecule has 0 amide bonds. The first kappa shape index (κ1) is 12.5. The minimum Gasteiger partial charge on any atom is -0.268 e. The lowest BCUT2D eigenvalue weighted by Crippen LogP contribution is -1.99. The Labute approximate surface area is 111 Å². The van der Waals surface area contributed by atoms with Crippen molar-refractivity contribution >= 4 is 23.2 Å². The Morgan fingerprint density at radius 2 is 1.88 bits per heavy atom. The van der Waals surface area contributed by atoms with Gasteiger partial charge in [-0.15, -0.1) is 11.6 Å². The van der Waals surface area contributed by atoms with Gasteiger partial charge in [-0.25, -0.2) is 0 Å².